The molecule has 2 aromatic carbocycles. The molecule has 1 fully saturated rings. The summed E-state index contributed by atoms with van der Waals surface area (Å²) in [5, 5.41) is 12.1. The van der Waals surface area contributed by atoms with Gasteiger partial charge >= 0.3 is 0 Å². The summed E-state index contributed by atoms with van der Waals surface area (Å²) >= 11 is 3.66. The van der Waals surface area contributed by atoms with Gasteiger partial charge in [0.1, 0.15) is 6.10 Å². The van der Waals surface area contributed by atoms with E-state index in [1.807, 2.05) is 30.4 Å². The molecule has 0 saturated heterocycles. The number of carbonyl (C=O) groups is 1. The van der Waals surface area contributed by atoms with Crippen LogP contribution in [0.4, 0.5) is 0 Å². The average Bonchev–Trinajstić information content (AvgIpc) is 3.11. The predicted molar refractivity (Wildman–Crippen MR) is 173 cm³/mol. The maximum atomic E-state index is 14.2. The first-order valence-electron chi connectivity index (χ1n) is 15.0. The van der Waals surface area contributed by atoms with E-state index in [1.54, 1.807) is 0 Å². The summed E-state index contributed by atoms with van der Waals surface area (Å²) in [6, 6.07) is 13.3. The van der Waals surface area contributed by atoms with Crippen LogP contribution in [0.5, 0.6) is 0 Å². The number of ether oxygens (including phenoxy) is 1. The zero-order valence-corrected chi connectivity index (χ0v) is 27.7. The van der Waals surface area contributed by atoms with Gasteiger partial charge < -0.3 is 9.84 Å². The molecule has 0 bridgehead atoms. The SMILES string of the molecule is CCOC1C(=O)C(CC2C=C(C(C)(C)C)Sc3ccc(C)cc32)C(O)C1C1C=C(C(C)(C)C)Sc2ccc(C)cc21. The highest BCUT2D eigenvalue weighted by Crippen LogP contribution is 2.55. The quantitative estimate of drug-likeness (QED) is 0.376. The molecule has 3 nitrogen and oxygen atoms in total. The minimum absolute atomic E-state index is 0.00960. The summed E-state index contributed by atoms with van der Waals surface area (Å²) in [4.78, 5) is 19.3. The third-order valence-corrected chi connectivity index (χ3v) is 11.9. The summed E-state index contributed by atoms with van der Waals surface area (Å²) in [7, 11) is 0. The molecule has 1 saturated carbocycles. The molecule has 5 rings (SSSR count). The van der Waals surface area contributed by atoms with E-state index in [9.17, 15) is 9.90 Å². The molecular formula is C36H46O3S2. The van der Waals surface area contributed by atoms with Gasteiger partial charge in [0.15, 0.2) is 5.78 Å². The summed E-state index contributed by atoms with van der Waals surface area (Å²) in [5.74, 6) is -0.766. The first-order chi connectivity index (χ1) is 19.2. The van der Waals surface area contributed by atoms with Gasteiger partial charge in [0.25, 0.3) is 0 Å². The van der Waals surface area contributed by atoms with Crippen LogP contribution in [0.1, 0.15) is 89.0 Å². The number of aryl methyl sites for hydroxylation is 2. The zero-order valence-electron chi connectivity index (χ0n) is 26.1. The van der Waals surface area contributed by atoms with Gasteiger partial charge in [0.2, 0.25) is 0 Å². The number of aliphatic hydroxyl groups excluding tert-OH is 1. The predicted octanol–water partition coefficient (Wildman–Crippen LogP) is 9.21. The molecule has 3 aliphatic rings. The molecule has 2 aliphatic heterocycles. The Bertz CT molecular complexity index is 1390. The third-order valence-electron chi connectivity index (χ3n) is 8.76. The molecule has 0 aromatic heterocycles. The normalized spacial score (nSPS) is 28.2. The zero-order chi connectivity index (χ0) is 29.9. The monoisotopic (exact) mass is 590 g/mol. The molecule has 2 heterocycles. The van der Waals surface area contributed by atoms with Crippen LogP contribution in [0.25, 0.3) is 0 Å². The smallest absolute Gasteiger partial charge is 0.167 e. The molecule has 1 aliphatic carbocycles. The van der Waals surface area contributed by atoms with Crippen LogP contribution in [-0.4, -0.2) is 29.7 Å². The van der Waals surface area contributed by atoms with Crippen LogP contribution in [0.2, 0.25) is 0 Å². The van der Waals surface area contributed by atoms with E-state index in [0.717, 1.165) is 0 Å². The van der Waals surface area contributed by atoms with Crippen LogP contribution < -0.4 is 0 Å². The van der Waals surface area contributed by atoms with E-state index in [2.05, 4.69) is 104 Å². The first-order valence-corrected chi connectivity index (χ1v) is 16.7. The molecule has 1 N–H and O–H groups in total. The molecule has 5 heteroatoms. The van der Waals surface area contributed by atoms with E-state index >= 15 is 0 Å². The lowest BCUT2D eigenvalue weighted by Gasteiger charge is -2.36. The van der Waals surface area contributed by atoms with Crippen LogP contribution in [0.3, 0.4) is 0 Å². The van der Waals surface area contributed by atoms with Crippen molar-refractivity contribution in [2.24, 2.45) is 22.7 Å². The molecule has 41 heavy (non-hydrogen) atoms. The minimum atomic E-state index is -0.785. The van der Waals surface area contributed by atoms with Gasteiger partial charge in [0, 0.05) is 40.1 Å². The Kier molecular flexibility index (Phi) is 8.50. The van der Waals surface area contributed by atoms with Crippen LogP contribution in [0, 0.1) is 36.5 Å². The largest absolute Gasteiger partial charge is 0.392 e. The van der Waals surface area contributed by atoms with E-state index in [-0.39, 0.29) is 34.4 Å². The summed E-state index contributed by atoms with van der Waals surface area (Å²) in [5.41, 5.74) is 4.86. The summed E-state index contributed by atoms with van der Waals surface area (Å²) in [6.45, 7) is 20.1. The second kappa shape index (κ2) is 11.4. The summed E-state index contributed by atoms with van der Waals surface area (Å²) < 4.78 is 6.24. The van der Waals surface area contributed by atoms with Crippen molar-refractivity contribution in [2.75, 3.05) is 6.61 Å². The van der Waals surface area contributed by atoms with Crippen molar-refractivity contribution >= 4 is 29.3 Å². The Labute approximate surface area is 255 Å². The van der Waals surface area contributed by atoms with Crippen molar-refractivity contribution in [3.05, 3.63) is 80.6 Å². The highest BCUT2D eigenvalue weighted by Gasteiger charge is 2.54. The van der Waals surface area contributed by atoms with Gasteiger partial charge in [-0.2, -0.15) is 0 Å². The molecule has 0 radical (unpaired) electrons. The number of benzene rings is 2. The number of thioether (sulfide) groups is 2. The van der Waals surface area contributed by atoms with Gasteiger partial charge in [-0.1, -0.05) is 113 Å². The van der Waals surface area contributed by atoms with E-state index in [4.69, 9.17) is 4.74 Å². The number of hydrogen-bond donors (Lipinski definition) is 1. The molecule has 6 unspecified atom stereocenters. The second-order valence-electron chi connectivity index (χ2n) is 14.2. The highest BCUT2D eigenvalue weighted by molar-refractivity contribution is 8.03. The Morgan fingerprint density at radius 1 is 0.829 bits per heavy atom. The molecule has 0 amide bonds. The lowest BCUT2D eigenvalue weighted by Crippen LogP contribution is -2.34. The van der Waals surface area contributed by atoms with Crippen molar-refractivity contribution in [3.63, 3.8) is 0 Å². The number of aliphatic hydroxyl groups is 1. The standard InChI is InChI=1S/C36H46O3S2/c1-10-39-34-31(25-19-30(36(7,8)9)41-28-14-12-21(3)16-24(25)28)32(37)26(33(34)38)17-22-18-29(35(4,5)6)40-27-13-11-20(2)15-23(22)27/h11-16,18-19,22,25-26,31-32,34,37H,10,17H2,1-9H3. The average molecular weight is 591 g/mol. The van der Waals surface area contributed by atoms with Crippen molar-refractivity contribution in [3.8, 4) is 0 Å². The van der Waals surface area contributed by atoms with Crippen LogP contribution in [0.15, 0.2) is 68.2 Å². The van der Waals surface area contributed by atoms with Crippen molar-refractivity contribution in [2.45, 2.75) is 103 Å². The number of carbonyl (C=O) groups excluding carboxylic acids is 1. The molecule has 6 atom stereocenters. The molecular weight excluding hydrogens is 545 g/mol. The van der Waals surface area contributed by atoms with Crippen molar-refractivity contribution in [1.82, 2.24) is 0 Å². The topological polar surface area (TPSA) is 46.5 Å². The maximum Gasteiger partial charge on any atom is 0.167 e. The maximum absolute atomic E-state index is 14.2. The Morgan fingerprint density at radius 3 is 1.93 bits per heavy atom. The lowest BCUT2D eigenvalue weighted by molar-refractivity contribution is -0.132. The fourth-order valence-corrected chi connectivity index (χ4v) is 8.99. The third kappa shape index (κ3) is 6.02. The van der Waals surface area contributed by atoms with Crippen LogP contribution in [-0.2, 0) is 9.53 Å². The van der Waals surface area contributed by atoms with E-state index in [0.29, 0.717) is 13.0 Å². The van der Waals surface area contributed by atoms with Gasteiger partial charge in [-0.05, 0) is 71.1 Å². The van der Waals surface area contributed by atoms with Crippen molar-refractivity contribution < 1.29 is 14.6 Å². The van der Waals surface area contributed by atoms with Crippen molar-refractivity contribution in [1.29, 1.82) is 0 Å². The lowest BCUT2D eigenvalue weighted by atomic mass is 9.78. The number of rotatable bonds is 5. The Morgan fingerprint density at radius 2 is 1.37 bits per heavy atom. The molecule has 2 aromatic rings. The molecule has 0 spiro atoms. The number of fused-ring (bicyclic) bond motifs is 2. The van der Waals surface area contributed by atoms with Gasteiger partial charge in [-0.3, -0.25) is 4.79 Å². The summed E-state index contributed by atoms with van der Waals surface area (Å²) in [6.07, 6.45) is 3.87. The Hall–Kier alpha value is -1.79. The number of hydrogen-bond acceptors (Lipinski definition) is 5. The number of Topliss-reactive ketones (excluding diaryl/α,β-unsaturated/α-hetero) is 1. The second-order valence-corrected chi connectivity index (χ2v) is 16.3. The Balaban J connectivity index is 1.56. The highest BCUT2D eigenvalue weighted by atomic mass is 32.2. The van der Waals surface area contributed by atoms with Crippen LogP contribution >= 0.6 is 23.5 Å². The van der Waals surface area contributed by atoms with Gasteiger partial charge in [-0.15, -0.1) is 0 Å². The van der Waals surface area contributed by atoms with E-state index < -0.39 is 18.1 Å². The fourth-order valence-electron chi connectivity index (χ4n) is 6.54. The minimum Gasteiger partial charge on any atom is -0.392 e. The van der Waals surface area contributed by atoms with E-state index in [1.165, 1.54) is 41.9 Å². The first kappa shape index (κ1) is 30.7. The number of allylic oxidation sites excluding steroid dienone is 4. The van der Waals surface area contributed by atoms with Gasteiger partial charge in [-0.25, -0.2) is 0 Å². The molecule has 220 valence electrons. The van der Waals surface area contributed by atoms with Gasteiger partial charge in [0.05, 0.1) is 6.10 Å². The number of ketones is 1. The fraction of sp³-hybridized carbons (Fsp3) is 0.528.